The van der Waals surface area contributed by atoms with E-state index in [-0.39, 0.29) is 5.60 Å². The molecule has 0 bridgehead atoms. The van der Waals surface area contributed by atoms with Gasteiger partial charge in [0.25, 0.3) is 0 Å². The molecular formula is C14H24O. The second-order valence-electron chi connectivity index (χ2n) is 6.68. The zero-order chi connectivity index (χ0) is 10.7. The minimum atomic E-state index is -0.333. The number of hydrogen-bond acceptors (Lipinski definition) is 1. The van der Waals surface area contributed by atoms with Gasteiger partial charge in [-0.2, -0.15) is 0 Å². The molecule has 3 fully saturated rings. The highest BCUT2D eigenvalue weighted by atomic mass is 16.3. The van der Waals surface area contributed by atoms with Gasteiger partial charge in [0.2, 0.25) is 0 Å². The summed E-state index contributed by atoms with van der Waals surface area (Å²) in [6, 6.07) is 0. The van der Waals surface area contributed by atoms with Gasteiger partial charge in [0.15, 0.2) is 0 Å². The van der Waals surface area contributed by atoms with Crippen molar-refractivity contribution in [2.75, 3.05) is 0 Å². The summed E-state index contributed by atoms with van der Waals surface area (Å²) in [6.45, 7) is 4.45. The van der Waals surface area contributed by atoms with Crippen molar-refractivity contribution in [2.45, 2.75) is 70.8 Å². The maximum Gasteiger partial charge on any atom is 0.0731 e. The molecule has 1 heteroatoms. The van der Waals surface area contributed by atoms with Gasteiger partial charge in [0, 0.05) is 5.41 Å². The van der Waals surface area contributed by atoms with Gasteiger partial charge in [0.05, 0.1) is 5.60 Å². The Labute approximate surface area is 93.3 Å². The molecule has 0 aliphatic heterocycles. The Hall–Kier alpha value is -0.0400. The summed E-state index contributed by atoms with van der Waals surface area (Å²) < 4.78 is 0. The molecule has 3 saturated carbocycles. The first-order valence-corrected chi connectivity index (χ1v) is 6.79. The summed E-state index contributed by atoms with van der Waals surface area (Å²) in [4.78, 5) is 0. The van der Waals surface area contributed by atoms with Crippen LogP contribution < -0.4 is 0 Å². The van der Waals surface area contributed by atoms with Gasteiger partial charge >= 0.3 is 0 Å². The number of aliphatic hydroxyl groups is 1. The van der Waals surface area contributed by atoms with Gasteiger partial charge in [-0.3, -0.25) is 0 Å². The topological polar surface area (TPSA) is 20.2 Å². The Morgan fingerprint density at radius 3 is 2.33 bits per heavy atom. The van der Waals surface area contributed by atoms with Crippen LogP contribution in [-0.2, 0) is 0 Å². The minimum Gasteiger partial charge on any atom is -0.389 e. The molecule has 3 aliphatic rings. The molecule has 3 aliphatic carbocycles. The average molecular weight is 208 g/mol. The predicted molar refractivity (Wildman–Crippen MR) is 61.6 cm³/mol. The molecule has 0 spiro atoms. The van der Waals surface area contributed by atoms with E-state index in [4.69, 9.17) is 0 Å². The highest BCUT2D eigenvalue weighted by molar-refractivity contribution is 5.26. The van der Waals surface area contributed by atoms with Gasteiger partial charge in [-0.15, -0.1) is 0 Å². The zero-order valence-corrected chi connectivity index (χ0v) is 10.2. The van der Waals surface area contributed by atoms with E-state index in [1.807, 2.05) is 0 Å². The predicted octanol–water partition coefficient (Wildman–Crippen LogP) is 3.51. The molecule has 0 aromatic heterocycles. The van der Waals surface area contributed by atoms with Crippen LogP contribution in [0.5, 0.6) is 0 Å². The molecule has 0 aromatic carbocycles. The van der Waals surface area contributed by atoms with E-state index >= 15 is 0 Å². The lowest BCUT2D eigenvalue weighted by Gasteiger charge is -2.40. The maximum atomic E-state index is 11.1. The fourth-order valence-electron chi connectivity index (χ4n) is 5.16. The summed E-state index contributed by atoms with van der Waals surface area (Å²) in [5.41, 5.74) is 0.604. The van der Waals surface area contributed by atoms with Crippen LogP contribution in [0.2, 0.25) is 0 Å². The van der Waals surface area contributed by atoms with Crippen molar-refractivity contribution >= 4 is 0 Å². The highest BCUT2D eigenvalue weighted by Crippen LogP contribution is 2.81. The van der Waals surface area contributed by atoms with Crippen molar-refractivity contribution in [1.29, 1.82) is 0 Å². The molecule has 0 amide bonds. The Morgan fingerprint density at radius 1 is 0.933 bits per heavy atom. The van der Waals surface area contributed by atoms with Crippen molar-refractivity contribution in [3.05, 3.63) is 0 Å². The third-order valence-electron chi connectivity index (χ3n) is 6.04. The summed E-state index contributed by atoms with van der Waals surface area (Å²) in [5, 5.41) is 11.1. The van der Waals surface area contributed by atoms with E-state index in [0.717, 1.165) is 6.42 Å². The van der Waals surface area contributed by atoms with Crippen LogP contribution in [0.15, 0.2) is 0 Å². The third-order valence-corrected chi connectivity index (χ3v) is 6.04. The Bertz CT molecular complexity index is 285. The number of rotatable bonds is 1. The molecule has 0 radical (unpaired) electrons. The van der Waals surface area contributed by atoms with Crippen LogP contribution in [0.25, 0.3) is 0 Å². The van der Waals surface area contributed by atoms with E-state index in [1.165, 1.54) is 44.9 Å². The minimum absolute atomic E-state index is 0.333. The molecule has 0 saturated heterocycles. The van der Waals surface area contributed by atoms with Crippen molar-refractivity contribution in [3.63, 3.8) is 0 Å². The van der Waals surface area contributed by atoms with Crippen molar-refractivity contribution in [3.8, 4) is 0 Å². The first-order valence-electron chi connectivity index (χ1n) is 6.79. The summed E-state index contributed by atoms with van der Waals surface area (Å²) in [5.74, 6) is 0.440. The monoisotopic (exact) mass is 208 g/mol. The van der Waals surface area contributed by atoms with E-state index in [2.05, 4.69) is 13.8 Å². The van der Waals surface area contributed by atoms with E-state index < -0.39 is 0 Å². The normalized spacial score (nSPS) is 53.6. The molecule has 1 unspecified atom stereocenters. The van der Waals surface area contributed by atoms with Crippen LogP contribution >= 0.6 is 0 Å². The second kappa shape index (κ2) is 2.80. The molecule has 15 heavy (non-hydrogen) atoms. The smallest absolute Gasteiger partial charge is 0.0731 e. The summed E-state index contributed by atoms with van der Waals surface area (Å²) >= 11 is 0. The number of hydrogen-bond donors (Lipinski definition) is 1. The molecule has 3 rings (SSSR count). The first kappa shape index (κ1) is 10.1. The molecule has 3 atom stereocenters. The second-order valence-corrected chi connectivity index (χ2v) is 6.68. The molecule has 86 valence electrons. The van der Waals surface area contributed by atoms with Crippen LogP contribution in [0, 0.1) is 16.7 Å². The fourth-order valence-corrected chi connectivity index (χ4v) is 5.16. The largest absolute Gasteiger partial charge is 0.389 e. The van der Waals surface area contributed by atoms with Crippen molar-refractivity contribution in [1.82, 2.24) is 0 Å². The SMILES string of the molecule is CC(C)C1(O)CCCC[C@]23CCC[C@]12C3. The standard InChI is InChI=1S/C14H24O/c1-11(2)14(15)9-4-3-6-12-7-5-8-13(12,14)10-12/h11,15H,3-10H2,1-2H3/t12-,13-,14?/m1/s1. The highest BCUT2D eigenvalue weighted by Gasteiger charge is 2.77. The summed E-state index contributed by atoms with van der Waals surface area (Å²) in [6.07, 6.45) is 10.5. The van der Waals surface area contributed by atoms with E-state index in [9.17, 15) is 5.11 Å². The molecular weight excluding hydrogens is 184 g/mol. The Balaban J connectivity index is 2.01. The first-order chi connectivity index (χ1) is 7.06. The van der Waals surface area contributed by atoms with Gasteiger partial charge in [-0.25, -0.2) is 0 Å². The van der Waals surface area contributed by atoms with Crippen LogP contribution in [-0.4, -0.2) is 10.7 Å². The van der Waals surface area contributed by atoms with Crippen LogP contribution in [0.1, 0.15) is 65.2 Å². The van der Waals surface area contributed by atoms with E-state index in [0.29, 0.717) is 16.7 Å². The molecule has 1 N–H and O–H groups in total. The van der Waals surface area contributed by atoms with Gasteiger partial charge in [-0.05, 0) is 43.4 Å². The van der Waals surface area contributed by atoms with E-state index in [1.54, 1.807) is 0 Å². The lowest BCUT2D eigenvalue weighted by molar-refractivity contribution is -0.0859. The van der Waals surface area contributed by atoms with Gasteiger partial charge < -0.3 is 5.11 Å². The van der Waals surface area contributed by atoms with Crippen LogP contribution in [0.3, 0.4) is 0 Å². The molecule has 0 heterocycles. The third kappa shape index (κ3) is 0.988. The molecule has 1 nitrogen and oxygen atoms in total. The summed E-state index contributed by atoms with van der Waals surface area (Å²) in [7, 11) is 0. The van der Waals surface area contributed by atoms with Crippen LogP contribution in [0.4, 0.5) is 0 Å². The Morgan fingerprint density at radius 2 is 1.60 bits per heavy atom. The van der Waals surface area contributed by atoms with Crippen molar-refractivity contribution in [2.24, 2.45) is 16.7 Å². The fraction of sp³-hybridized carbons (Fsp3) is 1.00. The lowest BCUT2D eigenvalue weighted by Crippen LogP contribution is -2.45. The average Bonchev–Trinajstić information content (AvgIpc) is 2.73. The quantitative estimate of drug-likeness (QED) is 0.699. The lowest BCUT2D eigenvalue weighted by atomic mass is 9.71. The van der Waals surface area contributed by atoms with Gasteiger partial charge in [0.1, 0.15) is 0 Å². The maximum absolute atomic E-state index is 11.1. The Kier molecular flexibility index (Phi) is 1.89. The van der Waals surface area contributed by atoms with Gasteiger partial charge in [-0.1, -0.05) is 33.1 Å². The molecule has 0 aromatic rings. The van der Waals surface area contributed by atoms with Crippen molar-refractivity contribution < 1.29 is 5.11 Å². The zero-order valence-electron chi connectivity index (χ0n) is 10.2.